The minimum absolute atomic E-state index is 0. The first kappa shape index (κ1) is 8.22. The van der Waals surface area contributed by atoms with E-state index in [4.69, 9.17) is 0 Å². The molecule has 0 bridgehead atoms. The van der Waals surface area contributed by atoms with E-state index in [1.165, 1.54) is 10.9 Å². The summed E-state index contributed by atoms with van der Waals surface area (Å²) in [4.78, 5) is 3.15. The molecular weight excluding hydrogens is 181 g/mol. The number of benzene rings is 1. The molecule has 0 fully saturated rings. The van der Waals surface area contributed by atoms with Gasteiger partial charge in [0.25, 0.3) is 0 Å². The van der Waals surface area contributed by atoms with Crippen molar-refractivity contribution in [3.8, 4) is 0 Å². The van der Waals surface area contributed by atoms with Crippen molar-refractivity contribution < 1.29 is 21.5 Å². The van der Waals surface area contributed by atoms with E-state index in [1.54, 1.807) is 0 Å². The quantitative estimate of drug-likeness (QED) is 0.559. The Morgan fingerprint density at radius 3 is 2.45 bits per heavy atom. The van der Waals surface area contributed by atoms with Gasteiger partial charge in [-0.1, -0.05) is 12.1 Å². The van der Waals surface area contributed by atoms with Crippen LogP contribution in [-0.2, 0) is 16.5 Å². The summed E-state index contributed by atoms with van der Waals surface area (Å²) in [5.74, 6) is 0. The average molecular weight is 189 g/mol. The van der Waals surface area contributed by atoms with Gasteiger partial charge in [-0.25, -0.2) is 4.98 Å². The van der Waals surface area contributed by atoms with Crippen LogP contribution >= 0.6 is 0 Å². The van der Waals surface area contributed by atoms with Crippen molar-refractivity contribution in [2.24, 2.45) is 0 Å². The molecule has 2 rings (SSSR count). The molecule has 0 atom stereocenters. The Balaban J connectivity index is 0.000000605. The largest absolute Gasteiger partial charge is 2.00 e. The summed E-state index contributed by atoms with van der Waals surface area (Å²) < 4.78 is 0. The van der Waals surface area contributed by atoms with Gasteiger partial charge in [-0.3, -0.25) is 0 Å². The van der Waals surface area contributed by atoms with Crippen LogP contribution in [0.1, 0.15) is 0 Å². The maximum absolute atomic E-state index is 3.15. The Hall–Kier alpha value is -0.876. The Morgan fingerprint density at radius 2 is 1.64 bits per heavy atom. The van der Waals surface area contributed by atoms with Crippen molar-refractivity contribution in [2.75, 3.05) is 0 Å². The molecule has 0 amide bonds. The van der Waals surface area contributed by atoms with Gasteiger partial charge in [-0.05, 0) is 12.1 Å². The van der Waals surface area contributed by atoms with Crippen LogP contribution in [0, 0.1) is 0 Å². The zero-order valence-electron chi connectivity index (χ0n) is 5.86. The first-order chi connectivity index (χ1) is 4.97. The third-order valence-electron chi connectivity index (χ3n) is 1.57. The zero-order valence-corrected chi connectivity index (χ0v) is 6.85. The van der Waals surface area contributed by atoms with E-state index < -0.39 is 0 Å². The average Bonchev–Trinajstić information content (AvgIpc) is 2.05. The Labute approximate surface area is 75.4 Å². The minimum atomic E-state index is 0. The van der Waals surface area contributed by atoms with Crippen LogP contribution in [-0.4, -0.2) is 0 Å². The molecule has 11 heavy (non-hydrogen) atoms. The maximum Gasteiger partial charge on any atom is 2.00 e. The molecule has 1 N–H and O–H groups in total. The zero-order chi connectivity index (χ0) is 6.81. The van der Waals surface area contributed by atoms with E-state index in [0.29, 0.717) is 0 Å². The van der Waals surface area contributed by atoms with Gasteiger partial charge in [0, 0.05) is 17.5 Å². The van der Waals surface area contributed by atoms with Crippen molar-refractivity contribution in [1.29, 1.82) is 0 Å². The van der Waals surface area contributed by atoms with Crippen LogP contribution in [0.4, 0.5) is 0 Å². The first-order valence-corrected chi connectivity index (χ1v) is 3.32. The van der Waals surface area contributed by atoms with E-state index in [9.17, 15) is 0 Å². The second-order valence-corrected chi connectivity index (χ2v) is 2.26. The third-order valence-corrected chi connectivity index (χ3v) is 1.57. The molecule has 0 aliphatic heterocycles. The van der Waals surface area contributed by atoms with Crippen LogP contribution in [0.3, 0.4) is 0 Å². The molecule has 1 aromatic heterocycles. The summed E-state index contributed by atoms with van der Waals surface area (Å²) in [6, 6.07) is 12.3. The van der Waals surface area contributed by atoms with Crippen molar-refractivity contribution in [1.82, 2.24) is 0 Å². The van der Waals surface area contributed by atoms with Gasteiger partial charge in [0.05, 0.1) is 0 Å². The molecule has 0 saturated heterocycles. The predicted molar refractivity (Wildman–Crippen MR) is 40.5 cm³/mol. The summed E-state index contributed by atoms with van der Waals surface area (Å²) >= 11 is 0. The molecule has 1 heterocycles. The van der Waals surface area contributed by atoms with Gasteiger partial charge in [-0.15, -0.1) is 0 Å². The maximum atomic E-state index is 3.15. The number of nitrogens with one attached hydrogen (secondary N) is 1. The van der Waals surface area contributed by atoms with Crippen molar-refractivity contribution in [3.05, 3.63) is 42.6 Å². The molecule has 0 aliphatic rings. The van der Waals surface area contributed by atoms with Gasteiger partial charge in [0.1, 0.15) is 0 Å². The van der Waals surface area contributed by atoms with Gasteiger partial charge in [0.15, 0.2) is 6.20 Å². The number of para-hydroxylation sites is 1. The van der Waals surface area contributed by atoms with Gasteiger partial charge >= 0.3 is 16.5 Å². The Morgan fingerprint density at radius 1 is 0.909 bits per heavy atom. The van der Waals surface area contributed by atoms with E-state index >= 15 is 0 Å². The second-order valence-electron chi connectivity index (χ2n) is 2.26. The molecule has 56 valence electrons. The molecule has 1 nitrogen and oxygen atoms in total. The number of aromatic amines is 1. The van der Waals surface area contributed by atoms with Crippen molar-refractivity contribution in [2.45, 2.75) is 0 Å². The number of H-pyrrole nitrogens is 1. The number of fused-ring (bicyclic) bond motifs is 1. The summed E-state index contributed by atoms with van der Waals surface area (Å²) in [6.45, 7) is 0. The number of pyridine rings is 1. The summed E-state index contributed by atoms with van der Waals surface area (Å²) in [5.41, 5.74) is 1.19. The molecule has 1 aromatic carbocycles. The van der Waals surface area contributed by atoms with E-state index in [1.807, 2.05) is 24.4 Å². The Bertz CT molecular complexity index is 281. The number of rotatable bonds is 0. The molecule has 0 saturated carbocycles. The predicted octanol–water partition coefficient (Wildman–Crippen LogP) is 1.65. The van der Waals surface area contributed by atoms with Crippen LogP contribution in [0.15, 0.2) is 42.6 Å². The normalized spacial score (nSPS) is 9.09. The first-order valence-electron chi connectivity index (χ1n) is 3.32. The van der Waals surface area contributed by atoms with Crippen LogP contribution in [0.25, 0.3) is 10.9 Å². The van der Waals surface area contributed by atoms with Crippen LogP contribution < -0.4 is 4.98 Å². The van der Waals surface area contributed by atoms with Gasteiger partial charge in [-0.2, -0.15) is 0 Å². The number of hydrogen-bond acceptors (Lipinski definition) is 0. The fraction of sp³-hybridized carbons (Fsp3) is 0. The monoisotopic (exact) mass is 188 g/mol. The SMILES string of the molecule is [Ni+2].c1ccc2[nH+]cccc2c1. The summed E-state index contributed by atoms with van der Waals surface area (Å²) in [5, 5.41) is 1.25. The van der Waals surface area contributed by atoms with E-state index in [-0.39, 0.29) is 16.5 Å². The van der Waals surface area contributed by atoms with Crippen molar-refractivity contribution in [3.63, 3.8) is 0 Å². The van der Waals surface area contributed by atoms with Crippen LogP contribution in [0.5, 0.6) is 0 Å². The standard InChI is InChI=1S/C9H7N.Ni/c1-2-6-9-8(4-1)5-3-7-10-9;/h1-7H;/q;+2/p+1. The molecule has 0 spiro atoms. The molecule has 2 heteroatoms. The number of hydrogen-bond donors (Lipinski definition) is 0. The molecule has 0 radical (unpaired) electrons. The molecule has 0 aliphatic carbocycles. The summed E-state index contributed by atoms with van der Waals surface area (Å²) in [6.07, 6.45) is 1.93. The third kappa shape index (κ3) is 1.58. The Kier molecular flexibility index (Phi) is 2.61. The summed E-state index contributed by atoms with van der Waals surface area (Å²) in [7, 11) is 0. The van der Waals surface area contributed by atoms with Crippen LogP contribution in [0.2, 0.25) is 0 Å². The van der Waals surface area contributed by atoms with E-state index in [2.05, 4.69) is 23.2 Å². The van der Waals surface area contributed by atoms with Gasteiger partial charge < -0.3 is 0 Å². The fourth-order valence-electron chi connectivity index (χ4n) is 1.06. The minimum Gasteiger partial charge on any atom is -0.211 e. The molecular formula is C9H8NNi+3. The van der Waals surface area contributed by atoms with E-state index in [0.717, 1.165) is 0 Å². The van der Waals surface area contributed by atoms with Crippen molar-refractivity contribution >= 4 is 10.9 Å². The topological polar surface area (TPSA) is 14.1 Å². The second kappa shape index (κ2) is 3.50. The fourth-order valence-corrected chi connectivity index (χ4v) is 1.06. The molecule has 0 unspecified atom stereocenters. The smallest absolute Gasteiger partial charge is 0.211 e. The number of aromatic nitrogens is 1. The molecule has 2 aromatic rings. The van der Waals surface area contributed by atoms with Gasteiger partial charge in [0.2, 0.25) is 5.52 Å².